The van der Waals surface area contributed by atoms with Crippen molar-refractivity contribution in [1.29, 1.82) is 0 Å². The van der Waals surface area contributed by atoms with Crippen LogP contribution in [-0.4, -0.2) is 22.0 Å². The lowest BCUT2D eigenvalue weighted by atomic mass is 10.0. The first-order valence-electron chi connectivity index (χ1n) is 13.2. The number of aliphatic carboxylic acids is 1. The van der Waals surface area contributed by atoms with Crippen molar-refractivity contribution in [2.45, 2.75) is 129 Å². The van der Waals surface area contributed by atoms with Gasteiger partial charge in [0, 0.05) is 6.42 Å². The molecule has 0 atom stereocenters. The van der Waals surface area contributed by atoms with Crippen LogP contribution in [0.1, 0.15) is 134 Å². The van der Waals surface area contributed by atoms with Crippen molar-refractivity contribution in [2.75, 3.05) is 0 Å². The number of carboxylic acids is 1. The number of hydrogen-bond donors (Lipinski definition) is 2. The van der Waals surface area contributed by atoms with Crippen LogP contribution in [0.4, 0.5) is 0 Å². The maximum absolute atomic E-state index is 10.7. The number of oxime groups is 1. The van der Waals surface area contributed by atoms with E-state index in [1.165, 1.54) is 108 Å². The minimum Gasteiger partial charge on any atom is -0.481 e. The second-order valence-corrected chi connectivity index (χ2v) is 9.19. The molecule has 1 aromatic rings. The number of benzene rings is 1. The minimum absolute atomic E-state index is 0.0274. The Hall–Kier alpha value is -1.84. The van der Waals surface area contributed by atoms with Gasteiger partial charge in [-0.25, -0.2) is 0 Å². The van der Waals surface area contributed by atoms with Crippen LogP contribution in [0.2, 0.25) is 0 Å². The third-order valence-electron chi connectivity index (χ3n) is 6.30. The quantitative estimate of drug-likeness (QED) is 0.0862. The molecular weight excluding hydrogens is 398 g/mol. The summed E-state index contributed by atoms with van der Waals surface area (Å²) in [5.74, 6) is -0.883. The molecule has 0 saturated carbocycles. The first-order valence-corrected chi connectivity index (χ1v) is 13.2. The summed E-state index contributed by atoms with van der Waals surface area (Å²) in [4.78, 5) is 10.7. The SMILES string of the molecule is CCCCCCCCCCCCCCCCCCc1ccc(/C(CCC(=O)O)=N\O)cc1. The lowest BCUT2D eigenvalue weighted by molar-refractivity contribution is -0.136. The molecule has 0 aliphatic carbocycles. The first kappa shape index (κ1) is 28.2. The van der Waals surface area contributed by atoms with Gasteiger partial charge >= 0.3 is 5.97 Å². The Morgan fingerprint density at radius 3 is 1.53 bits per heavy atom. The third-order valence-corrected chi connectivity index (χ3v) is 6.30. The van der Waals surface area contributed by atoms with Gasteiger partial charge in [-0.05, 0) is 24.0 Å². The van der Waals surface area contributed by atoms with E-state index in [4.69, 9.17) is 10.3 Å². The Bertz CT molecular complexity index is 610. The van der Waals surface area contributed by atoms with Crippen LogP contribution in [-0.2, 0) is 11.2 Å². The van der Waals surface area contributed by atoms with Crippen LogP contribution in [0, 0.1) is 0 Å². The molecule has 32 heavy (non-hydrogen) atoms. The Morgan fingerprint density at radius 2 is 1.12 bits per heavy atom. The predicted octanol–water partition coefficient (Wildman–Crippen LogP) is 8.53. The van der Waals surface area contributed by atoms with Crippen LogP contribution in [0.25, 0.3) is 0 Å². The topological polar surface area (TPSA) is 69.9 Å². The lowest BCUT2D eigenvalue weighted by Gasteiger charge is -2.06. The standard InChI is InChI=1S/C28H47NO3/c1-2-3-4-5-6-7-8-9-10-11-12-13-14-15-16-17-18-25-19-21-26(22-20-25)27(29-32)23-24-28(30)31/h19-22,32H,2-18,23-24H2,1H3,(H,30,31)/b29-27-. The van der Waals surface area contributed by atoms with Gasteiger partial charge in [0.2, 0.25) is 0 Å². The fraction of sp³-hybridized carbons (Fsp3) is 0.714. The molecule has 0 aliphatic rings. The summed E-state index contributed by atoms with van der Waals surface area (Å²) < 4.78 is 0. The highest BCUT2D eigenvalue weighted by Crippen LogP contribution is 2.15. The summed E-state index contributed by atoms with van der Waals surface area (Å²) in [7, 11) is 0. The maximum atomic E-state index is 10.7. The van der Waals surface area contributed by atoms with E-state index in [0.29, 0.717) is 5.71 Å². The van der Waals surface area contributed by atoms with E-state index < -0.39 is 5.97 Å². The van der Waals surface area contributed by atoms with Crippen molar-refractivity contribution in [3.63, 3.8) is 0 Å². The van der Waals surface area contributed by atoms with Gasteiger partial charge in [-0.15, -0.1) is 0 Å². The van der Waals surface area contributed by atoms with E-state index in [1.54, 1.807) is 0 Å². The fourth-order valence-electron chi connectivity index (χ4n) is 4.22. The maximum Gasteiger partial charge on any atom is 0.303 e. The molecular formula is C28H47NO3. The zero-order valence-electron chi connectivity index (χ0n) is 20.5. The Labute approximate surface area is 196 Å². The summed E-state index contributed by atoms with van der Waals surface area (Å²) in [6.07, 6.45) is 23.4. The van der Waals surface area contributed by atoms with Crippen LogP contribution in [0.5, 0.6) is 0 Å². The van der Waals surface area contributed by atoms with Gasteiger partial charge in [-0.1, -0.05) is 133 Å². The Morgan fingerprint density at radius 1 is 0.688 bits per heavy atom. The van der Waals surface area contributed by atoms with E-state index in [1.807, 2.05) is 12.1 Å². The van der Waals surface area contributed by atoms with Crippen LogP contribution in [0.15, 0.2) is 29.4 Å². The summed E-state index contributed by atoms with van der Waals surface area (Å²) in [6, 6.07) is 7.98. The van der Waals surface area contributed by atoms with Crippen molar-refractivity contribution in [3.05, 3.63) is 35.4 Å². The molecule has 4 nitrogen and oxygen atoms in total. The smallest absolute Gasteiger partial charge is 0.303 e. The van der Waals surface area contributed by atoms with Gasteiger partial charge in [-0.2, -0.15) is 0 Å². The lowest BCUT2D eigenvalue weighted by Crippen LogP contribution is -2.05. The van der Waals surface area contributed by atoms with Gasteiger partial charge in [-0.3, -0.25) is 4.79 Å². The number of carboxylic acid groups (broad SMARTS) is 1. The molecule has 0 aromatic heterocycles. The summed E-state index contributed by atoms with van der Waals surface area (Å²) >= 11 is 0. The predicted molar refractivity (Wildman–Crippen MR) is 135 cm³/mol. The fourth-order valence-corrected chi connectivity index (χ4v) is 4.22. The summed E-state index contributed by atoms with van der Waals surface area (Å²) in [5.41, 5.74) is 2.51. The number of unbranched alkanes of at least 4 members (excludes halogenated alkanes) is 15. The molecule has 0 heterocycles. The average Bonchev–Trinajstić information content (AvgIpc) is 2.80. The highest BCUT2D eigenvalue weighted by Gasteiger charge is 2.07. The van der Waals surface area contributed by atoms with Crippen molar-refractivity contribution >= 4 is 11.7 Å². The molecule has 0 bridgehead atoms. The molecule has 0 amide bonds. The molecule has 0 spiro atoms. The minimum atomic E-state index is -0.883. The molecule has 4 heteroatoms. The third kappa shape index (κ3) is 15.0. The van der Waals surface area contributed by atoms with Crippen molar-refractivity contribution in [2.24, 2.45) is 5.16 Å². The number of hydrogen-bond acceptors (Lipinski definition) is 3. The van der Waals surface area contributed by atoms with Gasteiger partial charge in [0.1, 0.15) is 0 Å². The second-order valence-electron chi connectivity index (χ2n) is 9.19. The molecule has 0 radical (unpaired) electrons. The van der Waals surface area contributed by atoms with Crippen LogP contribution >= 0.6 is 0 Å². The molecule has 1 aromatic carbocycles. The Balaban J connectivity index is 1.96. The molecule has 0 fully saturated rings. The summed E-state index contributed by atoms with van der Waals surface area (Å²) in [6.45, 7) is 2.28. The van der Waals surface area contributed by atoms with Gasteiger partial charge in [0.25, 0.3) is 0 Å². The van der Waals surface area contributed by atoms with E-state index in [-0.39, 0.29) is 12.8 Å². The normalized spacial score (nSPS) is 11.7. The number of carbonyl (C=O) groups is 1. The zero-order chi connectivity index (χ0) is 23.3. The largest absolute Gasteiger partial charge is 0.481 e. The summed E-state index contributed by atoms with van der Waals surface area (Å²) in [5, 5.41) is 21.2. The Kier molecular flexibility index (Phi) is 17.5. The number of nitrogens with zero attached hydrogens (tertiary/aromatic N) is 1. The highest BCUT2D eigenvalue weighted by atomic mass is 16.4. The van der Waals surface area contributed by atoms with Gasteiger partial charge < -0.3 is 10.3 Å². The van der Waals surface area contributed by atoms with Crippen LogP contribution in [0.3, 0.4) is 0 Å². The second kappa shape index (κ2) is 19.8. The van der Waals surface area contributed by atoms with E-state index >= 15 is 0 Å². The van der Waals surface area contributed by atoms with Crippen molar-refractivity contribution in [1.82, 2.24) is 0 Å². The molecule has 2 N–H and O–H groups in total. The van der Waals surface area contributed by atoms with E-state index in [0.717, 1.165) is 12.0 Å². The first-order chi connectivity index (χ1) is 15.7. The molecule has 0 aliphatic heterocycles. The molecule has 1 rings (SSSR count). The zero-order valence-corrected chi connectivity index (χ0v) is 20.5. The van der Waals surface area contributed by atoms with Crippen molar-refractivity contribution < 1.29 is 15.1 Å². The molecule has 182 valence electrons. The monoisotopic (exact) mass is 445 g/mol. The highest BCUT2D eigenvalue weighted by molar-refractivity contribution is 6.01. The van der Waals surface area contributed by atoms with Gasteiger partial charge in [0.15, 0.2) is 0 Å². The average molecular weight is 446 g/mol. The number of rotatable bonds is 21. The van der Waals surface area contributed by atoms with Gasteiger partial charge in [0.05, 0.1) is 12.1 Å². The number of aryl methyl sites for hydroxylation is 1. The van der Waals surface area contributed by atoms with E-state index in [2.05, 4.69) is 24.2 Å². The molecule has 0 unspecified atom stereocenters. The van der Waals surface area contributed by atoms with Crippen LogP contribution < -0.4 is 0 Å². The van der Waals surface area contributed by atoms with Crippen molar-refractivity contribution in [3.8, 4) is 0 Å². The van der Waals surface area contributed by atoms with E-state index in [9.17, 15) is 4.79 Å². The molecule has 0 saturated heterocycles.